The summed E-state index contributed by atoms with van der Waals surface area (Å²) in [6, 6.07) is 5.77. The summed E-state index contributed by atoms with van der Waals surface area (Å²) in [6.07, 6.45) is 1.99. The molecule has 0 aromatic heterocycles. The summed E-state index contributed by atoms with van der Waals surface area (Å²) in [5, 5.41) is 1.21. The van der Waals surface area contributed by atoms with E-state index in [-0.39, 0.29) is 5.41 Å². The maximum atomic E-state index is 5.97. The molecule has 1 atom stereocenters. The Bertz CT molecular complexity index is 330. The zero-order valence-corrected chi connectivity index (χ0v) is 11.3. The molecule has 0 heterocycles. The van der Waals surface area contributed by atoms with Crippen molar-refractivity contribution >= 4 is 34.8 Å². The predicted molar refractivity (Wildman–Crippen MR) is 69.3 cm³/mol. The summed E-state index contributed by atoms with van der Waals surface area (Å²) >= 11 is 17.8. The topological polar surface area (TPSA) is 0 Å². The minimum Gasteiger partial charge on any atom is -0.126 e. The van der Waals surface area contributed by atoms with Crippen LogP contribution in [0.5, 0.6) is 0 Å². The Morgan fingerprint density at radius 1 is 1.20 bits per heavy atom. The van der Waals surface area contributed by atoms with Crippen LogP contribution < -0.4 is 0 Å². The summed E-state index contributed by atoms with van der Waals surface area (Å²) in [4.78, 5) is 0. The average Bonchev–Trinajstić information content (AvgIpc) is 2.23. The molecule has 0 bridgehead atoms. The van der Waals surface area contributed by atoms with E-state index in [1.54, 1.807) is 0 Å². The molecule has 84 valence electrons. The van der Waals surface area contributed by atoms with Gasteiger partial charge in [-0.2, -0.15) is 0 Å². The van der Waals surface area contributed by atoms with Gasteiger partial charge in [-0.05, 0) is 36.0 Å². The van der Waals surface area contributed by atoms with Crippen molar-refractivity contribution < 1.29 is 0 Å². The molecule has 0 aliphatic carbocycles. The molecule has 3 heteroatoms. The Hall–Kier alpha value is 0.0900. The van der Waals surface area contributed by atoms with Gasteiger partial charge >= 0.3 is 0 Å². The van der Waals surface area contributed by atoms with E-state index in [0.717, 1.165) is 12.8 Å². The van der Waals surface area contributed by atoms with Crippen LogP contribution >= 0.6 is 34.8 Å². The second-order valence-corrected chi connectivity index (χ2v) is 5.30. The molecule has 0 nitrogen and oxygen atoms in total. The average molecular weight is 266 g/mol. The monoisotopic (exact) mass is 264 g/mol. The van der Waals surface area contributed by atoms with Crippen LogP contribution in [0.15, 0.2) is 18.2 Å². The zero-order chi connectivity index (χ0) is 11.5. The van der Waals surface area contributed by atoms with Gasteiger partial charge in [0.25, 0.3) is 0 Å². The van der Waals surface area contributed by atoms with Crippen molar-refractivity contribution in [3.63, 3.8) is 0 Å². The van der Waals surface area contributed by atoms with E-state index in [9.17, 15) is 0 Å². The highest BCUT2D eigenvalue weighted by molar-refractivity contribution is 6.42. The summed E-state index contributed by atoms with van der Waals surface area (Å²) in [6.45, 7) is 4.34. The van der Waals surface area contributed by atoms with Crippen molar-refractivity contribution in [3.05, 3.63) is 33.8 Å². The van der Waals surface area contributed by atoms with Crippen LogP contribution in [0.4, 0.5) is 0 Å². The van der Waals surface area contributed by atoms with Crippen LogP contribution in [-0.4, -0.2) is 5.88 Å². The first-order valence-electron chi connectivity index (χ1n) is 5.00. The number of alkyl halides is 1. The molecule has 0 saturated heterocycles. The second-order valence-electron chi connectivity index (χ2n) is 4.22. The Morgan fingerprint density at radius 3 is 2.33 bits per heavy atom. The molecule has 1 unspecified atom stereocenters. The lowest BCUT2D eigenvalue weighted by molar-refractivity contribution is 0.355. The fraction of sp³-hybridized carbons (Fsp3) is 0.500. The highest BCUT2D eigenvalue weighted by Crippen LogP contribution is 2.30. The standard InChI is InChI=1S/C12H15Cl3/c1-3-12(2,8-13)7-9-4-5-10(14)11(15)6-9/h4-6H,3,7-8H2,1-2H3. The Balaban J connectivity index is 2.85. The number of hydrogen-bond acceptors (Lipinski definition) is 0. The molecule has 0 aliphatic heterocycles. The lowest BCUT2D eigenvalue weighted by Gasteiger charge is -2.25. The predicted octanol–water partition coefficient (Wildman–Crippen LogP) is 5.19. The lowest BCUT2D eigenvalue weighted by Crippen LogP contribution is -2.20. The number of rotatable bonds is 4. The van der Waals surface area contributed by atoms with E-state index < -0.39 is 0 Å². The Labute approximate surface area is 107 Å². The minimum absolute atomic E-state index is 0.138. The first-order valence-corrected chi connectivity index (χ1v) is 6.30. The van der Waals surface area contributed by atoms with Gasteiger partial charge < -0.3 is 0 Å². The largest absolute Gasteiger partial charge is 0.126 e. The highest BCUT2D eigenvalue weighted by atomic mass is 35.5. The van der Waals surface area contributed by atoms with Crippen molar-refractivity contribution in [1.82, 2.24) is 0 Å². The zero-order valence-electron chi connectivity index (χ0n) is 8.99. The van der Waals surface area contributed by atoms with Crippen molar-refractivity contribution in [3.8, 4) is 0 Å². The van der Waals surface area contributed by atoms with Crippen molar-refractivity contribution in [2.45, 2.75) is 26.7 Å². The van der Waals surface area contributed by atoms with Crippen LogP contribution in [0, 0.1) is 5.41 Å². The fourth-order valence-corrected chi connectivity index (χ4v) is 2.01. The number of halogens is 3. The van der Waals surface area contributed by atoms with Gasteiger partial charge in [0.05, 0.1) is 10.0 Å². The third-order valence-electron chi connectivity index (χ3n) is 2.79. The molecular formula is C12H15Cl3. The van der Waals surface area contributed by atoms with Crippen LogP contribution in [-0.2, 0) is 6.42 Å². The minimum atomic E-state index is 0.138. The quantitative estimate of drug-likeness (QED) is 0.657. The molecule has 1 aromatic carbocycles. The molecule has 1 rings (SSSR count). The first kappa shape index (κ1) is 13.2. The van der Waals surface area contributed by atoms with Gasteiger partial charge in [0.2, 0.25) is 0 Å². The van der Waals surface area contributed by atoms with E-state index >= 15 is 0 Å². The number of hydrogen-bond donors (Lipinski definition) is 0. The van der Waals surface area contributed by atoms with Crippen LogP contribution in [0.2, 0.25) is 10.0 Å². The molecule has 0 aliphatic rings. The Kier molecular flexibility index (Phi) is 4.76. The highest BCUT2D eigenvalue weighted by Gasteiger charge is 2.21. The summed E-state index contributed by atoms with van der Waals surface area (Å²) in [5.74, 6) is 0.656. The molecule has 1 aromatic rings. The Morgan fingerprint density at radius 2 is 1.87 bits per heavy atom. The smallest absolute Gasteiger partial charge is 0.0595 e. The van der Waals surface area contributed by atoms with E-state index in [1.807, 2.05) is 18.2 Å². The van der Waals surface area contributed by atoms with Gasteiger partial charge in [-0.3, -0.25) is 0 Å². The van der Waals surface area contributed by atoms with Gasteiger partial charge in [-0.25, -0.2) is 0 Å². The van der Waals surface area contributed by atoms with Gasteiger partial charge in [-0.15, -0.1) is 11.6 Å². The van der Waals surface area contributed by atoms with E-state index in [0.29, 0.717) is 15.9 Å². The SMILES string of the molecule is CCC(C)(CCl)Cc1ccc(Cl)c(Cl)c1. The normalized spacial score (nSPS) is 15.0. The molecule has 0 fully saturated rings. The van der Waals surface area contributed by atoms with E-state index in [4.69, 9.17) is 34.8 Å². The molecule has 0 saturated carbocycles. The third-order valence-corrected chi connectivity index (χ3v) is 4.18. The van der Waals surface area contributed by atoms with Gasteiger partial charge in [0.15, 0.2) is 0 Å². The van der Waals surface area contributed by atoms with E-state index in [1.165, 1.54) is 5.56 Å². The molecule has 0 spiro atoms. The maximum absolute atomic E-state index is 5.97. The van der Waals surface area contributed by atoms with Crippen molar-refractivity contribution in [2.24, 2.45) is 5.41 Å². The second kappa shape index (κ2) is 5.43. The van der Waals surface area contributed by atoms with E-state index in [2.05, 4.69) is 13.8 Å². The fourth-order valence-electron chi connectivity index (χ4n) is 1.41. The van der Waals surface area contributed by atoms with Crippen LogP contribution in [0.3, 0.4) is 0 Å². The molecule has 15 heavy (non-hydrogen) atoms. The summed E-state index contributed by atoms with van der Waals surface area (Å²) in [5.41, 5.74) is 1.33. The molecule has 0 N–H and O–H groups in total. The van der Waals surface area contributed by atoms with Gasteiger partial charge in [0.1, 0.15) is 0 Å². The molecule has 0 radical (unpaired) electrons. The first-order chi connectivity index (χ1) is 7.00. The summed E-state index contributed by atoms with van der Waals surface area (Å²) in [7, 11) is 0. The van der Waals surface area contributed by atoms with Gasteiger partial charge in [0, 0.05) is 5.88 Å². The van der Waals surface area contributed by atoms with Crippen LogP contribution in [0.1, 0.15) is 25.8 Å². The molecule has 0 amide bonds. The summed E-state index contributed by atoms with van der Waals surface area (Å²) < 4.78 is 0. The lowest BCUT2D eigenvalue weighted by atomic mass is 9.83. The van der Waals surface area contributed by atoms with Crippen molar-refractivity contribution in [1.29, 1.82) is 0 Å². The maximum Gasteiger partial charge on any atom is 0.0595 e. The molecular weight excluding hydrogens is 250 g/mol. The third kappa shape index (κ3) is 3.55. The number of benzene rings is 1. The van der Waals surface area contributed by atoms with Gasteiger partial charge in [-0.1, -0.05) is 43.1 Å². The van der Waals surface area contributed by atoms with Crippen LogP contribution in [0.25, 0.3) is 0 Å². The van der Waals surface area contributed by atoms with Crippen molar-refractivity contribution in [2.75, 3.05) is 5.88 Å².